The van der Waals surface area contributed by atoms with Crippen LogP contribution in [0, 0.1) is 9.39 Å². The molecule has 0 aliphatic rings. The van der Waals surface area contributed by atoms with Gasteiger partial charge >= 0.3 is 0 Å². The van der Waals surface area contributed by atoms with E-state index < -0.39 is 0 Å². The number of hydrogen-bond acceptors (Lipinski definition) is 2. The maximum absolute atomic E-state index is 13.0. The third kappa shape index (κ3) is 3.36. The molecule has 0 aliphatic carbocycles. The molecule has 0 aliphatic heterocycles. The number of hydrogen-bond donors (Lipinski definition) is 2. The number of anilines is 2. The Morgan fingerprint density at radius 2 is 2.00 bits per heavy atom. The van der Waals surface area contributed by atoms with Crippen LogP contribution >= 0.6 is 34.2 Å². The highest BCUT2D eigenvalue weighted by Gasteiger charge is 2.12. The van der Waals surface area contributed by atoms with Crippen molar-refractivity contribution in [2.75, 3.05) is 11.1 Å². The van der Waals surface area contributed by atoms with Crippen LogP contribution in [0.25, 0.3) is 0 Å². The Morgan fingerprint density at radius 3 is 2.63 bits per heavy atom. The summed E-state index contributed by atoms with van der Waals surface area (Å²) in [5.41, 5.74) is 6.93. The summed E-state index contributed by atoms with van der Waals surface area (Å²) < 4.78 is 13.5. The smallest absolute Gasteiger partial charge is 0.256 e. The van der Waals surface area contributed by atoms with E-state index in [1.165, 1.54) is 18.2 Å². The molecule has 2 aromatic carbocycles. The maximum atomic E-state index is 13.0. The molecule has 0 fully saturated rings. The Balaban J connectivity index is 2.25. The second-order valence-corrected chi connectivity index (χ2v) is 5.39. The molecule has 0 atom stereocenters. The quantitative estimate of drug-likeness (QED) is 0.603. The van der Waals surface area contributed by atoms with Crippen LogP contribution in [-0.4, -0.2) is 5.91 Å². The first-order valence-electron chi connectivity index (χ1n) is 5.29. The van der Waals surface area contributed by atoms with Crippen LogP contribution in [0.2, 0.25) is 5.02 Å². The van der Waals surface area contributed by atoms with Gasteiger partial charge in [0.1, 0.15) is 5.82 Å². The zero-order valence-corrected chi connectivity index (χ0v) is 12.5. The lowest BCUT2D eigenvalue weighted by Gasteiger charge is -2.09. The van der Waals surface area contributed by atoms with Gasteiger partial charge in [0.05, 0.1) is 16.3 Å². The number of benzene rings is 2. The number of nitrogen functional groups attached to an aromatic ring is 1. The molecule has 0 heterocycles. The number of rotatable bonds is 2. The van der Waals surface area contributed by atoms with Gasteiger partial charge in [-0.15, -0.1) is 0 Å². The lowest BCUT2D eigenvalue weighted by Crippen LogP contribution is -2.14. The first-order valence-corrected chi connectivity index (χ1v) is 6.74. The van der Waals surface area contributed by atoms with Crippen molar-refractivity contribution in [1.82, 2.24) is 0 Å². The van der Waals surface area contributed by atoms with Crippen molar-refractivity contribution in [2.24, 2.45) is 0 Å². The molecular formula is C13H9ClFIN2O. The summed E-state index contributed by atoms with van der Waals surface area (Å²) in [5, 5.41) is 3.01. The molecule has 0 saturated carbocycles. The van der Waals surface area contributed by atoms with Crippen LogP contribution in [0.15, 0.2) is 36.4 Å². The maximum Gasteiger partial charge on any atom is 0.256 e. The lowest BCUT2D eigenvalue weighted by atomic mass is 10.2. The predicted molar refractivity (Wildman–Crippen MR) is 82.9 cm³/mol. The van der Waals surface area contributed by atoms with Gasteiger partial charge in [-0.3, -0.25) is 4.79 Å². The zero-order valence-electron chi connectivity index (χ0n) is 9.58. The third-order valence-electron chi connectivity index (χ3n) is 2.42. The third-order valence-corrected chi connectivity index (χ3v) is 3.62. The van der Waals surface area contributed by atoms with Gasteiger partial charge in [-0.2, -0.15) is 0 Å². The standard InChI is InChI=1S/C13H9ClFIN2O/c14-10-6-8(17)2-4-12(10)18-13(19)9-3-1-7(15)5-11(9)16/h1-6H,17H2,(H,18,19). The molecule has 98 valence electrons. The number of amides is 1. The minimum absolute atomic E-state index is 0.351. The van der Waals surface area contributed by atoms with Crippen molar-refractivity contribution in [3.8, 4) is 0 Å². The molecular weight excluding hydrogens is 382 g/mol. The molecule has 19 heavy (non-hydrogen) atoms. The van der Waals surface area contributed by atoms with Crippen LogP contribution < -0.4 is 11.1 Å². The minimum atomic E-state index is -0.383. The second-order valence-electron chi connectivity index (χ2n) is 3.82. The minimum Gasteiger partial charge on any atom is -0.399 e. The molecule has 0 saturated heterocycles. The monoisotopic (exact) mass is 390 g/mol. The Kier molecular flexibility index (Phi) is 4.26. The molecule has 2 rings (SSSR count). The number of carbonyl (C=O) groups excluding carboxylic acids is 1. The average molecular weight is 391 g/mol. The van der Waals surface area contributed by atoms with Gasteiger partial charge in [0, 0.05) is 9.26 Å². The summed E-state index contributed by atoms with van der Waals surface area (Å²) in [6.07, 6.45) is 0. The number of nitrogens with two attached hydrogens (primary N) is 1. The fourth-order valence-corrected chi connectivity index (χ4v) is 2.45. The van der Waals surface area contributed by atoms with E-state index in [1.807, 2.05) is 22.6 Å². The Hall–Kier alpha value is -1.34. The summed E-state index contributed by atoms with van der Waals surface area (Å²) in [7, 11) is 0. The molecule has 0 bridgehead atoms. The number of nitrogens with one attached hydrogen (secondary N) is 1. The Bertz CT molecular complexity index is 649. The first kappa shape index (κ1) is 14.1. The highest BCUT2D eigenvalue weighted by atomic mass is 127. The van der Waals surface area contributed by atoms with Crippen LogP contribution in [0.1, 0.15) is 10.4 Å². The van der Waals surface area contributed by atoms with Gasteiger partial charge in [0.25, 0.3) is 5.91 Å². The SMILES string of the molecule is Nc1ccc(NC(=O)c2ccc(F)cc2I)c(Cl)c1. The molecule has 3 nitrogen and oxygen atoms in total. The van der Waals surface area contributed by atoms with Gasteiger partial charge in [-0.05, 0) is 59.0 Å². The lowest BCUT2D eigenvalue weighted by molar-refractivity contribution is 0.102. The van der Waals surface area contributed by atoms with Crippen molar-refractivity contribution in [1.29, 1.82) is 0 Å². The molecule has 0 aromatic heterocycles. The highest BCUT2D eigenvalue weighted by molar-refractivity contribution is 14.1. The van der Waals surface area contributed by atoms with Gasteiger partial charge in [-0.25, -0.2) is 4.39 Å². The normalized spacial score (nSPS) is 10.3. The van der Waals surface area contributed by atoms with Crippen molar-refractivity contribution in [2.45, 2.75) is 0 Å². The van der Waals surface area contributed by atoms with Crippen molar-refractivity contribution in [3.63, 3.8) is 0 Å². The first-order chi connectivity index (χ1) is 8.97. The summed E-state index contributed by atoms with van der Waals surface area (Å²) in [5.74, 6) is -0.734. The summed E-state index contributed by atoms with van der Waals surface area (Å²) in [4.78, 5) is 12.1. The Labute approximate surface area is 128 Å². The molecule has 6 heteroatoms. The number of halogens is 3. The van der Waals surface area contributed by atoms with Crippen LogP contribution in [-0.2, 0) is 0 Å². The number of carbonyl (C=O) groups is 1. The Morgan fingerprint density at radius 1 is 1.26 bits per heavy atom. The van der Waals surface area contributed by atoms with Crippen molar-refractivity contribution >= 4 is 51.5 Å². The fourth-order valence-electron chi connectivity index (χ4n) is 1.50. The van der Waals surface area contributed by atoms with E-state index in [-0.39, 0.29) is 11.7 Å². The largest absolute Gasteiger partial charge is 0.399 e. The molecule has 2 aromatic rings. The van der Waals surface area contributed by atoms with Crippen molar-refractivity contribution in [3.05, 3.63) is 56.4 Å². The van der Waals surface area contributed by atoms with E-state index in [0.717, 1.165) is 0 Å². The van der Waals surface area contributed by atoms with E-state index >= 15 is 0 Å². The zero-order chi connectivity index (χ0) is 14.0. The van der Waals surface area contributed by atoms with Crippen LogP contribution in [0.5, 0.6) is 0 Å². The van der Waals surface area contributed by atoms with Gasteiger partial charge in [0.15, 0.2) is 0 Å². The van der Waals surface area contributed by atoms with Gasteiger partial charge in [-0.1, -0.05) is 11.6 Å². The van der Waals surface area contributed by atoms with Crippen LogP contribution in [0.3, 0.4) is 0 Å². The summed E-state index contributed by atoms with van der Waals surface area (Å²) in [6.45, 7) is 0. The predicted octanol–water partition coefficient (Wildman–Crippen LogP) is 3.92. The summed E-state index contributed by atoms with van der Waals surface area (Å²) in [6, 6.07) is 8.76. The fraction of sp³-hybridized carbons (Fsp3) is 0. The van der Waals surface area contributed by atoms with E-state index in [2.05, 4.69) is 5.32 Å². The van der Waals surface area contributed by atoms with Crippen LogP contribution in [0.4, 0.5) is 15.8 Å². The molecule has 3 N–H and O–H groups in total. The van der Waals surface area contributed by atoms with Crippen molar-refractivity contribution < 1.29 is 9.18 Å². The van der Waals surface area contributed by atoms with E-state index in [1.54, 1.807) is 18.2 Å². The van der Waals surface area contributed by atoms with E-state index in [9.17, 15) is 9.18 Å². The highest BCUT2D eigenvalue weighted by Crippen LogP contribution is 2.25. The molecule has 0 unspecified atom stereocenters. The van der Waals surface area contributed by atoms with Gasteiger partial charge in [0.2, 0.25) is 0 Å². The molecule has 0 spiro atoms. The van der Waals surface area contributed by atoms with E-state index in [0.29, 0.717) is 25.5 Å². The summed E-state index contributed by atoms with van der Waals surface area (Å²) >= 11 is 7.87. The van der Waals surface area contributed by atoms with E-state index in [4.69, 9.17) is 17.3 Å². The molecule has 1 amide bonds. The topological polar surface area (TPSA) is 55.1 Å². The second kappa shape index (κ2) is 5.75. The van der Waals surface area contributed by atoms with Gasteiger partial charge < -0.3 is 11.1 Å². The average Bonchev–Trinajstić information content (AvgIpc) is 2.32. The molecule has 0 radical (unpaired) electrons.